The van der Waals surface area contributed by atoms with Crippen molar-refractivity contribution in [2.24, 2.45) is 0 Å². The van der Waals surface area contributed by atoms with E-state index in [1.54, 1.807) is 0 Å². The number of amides is 4. The van der Waals surface area contributed by atoms with Crippen LogP contribution in [0.25, 0.3) is 43.1 Å². The van der Waals surface area contributed by atoms with Gasteiger partial charge in [-0.05, 0) is 47.9 Å². The number of carbonyl (C=O) groups is 4. The molecule has 296 valence electrons. The van der Waals surface area contributed by atoms with E-state index in [9.17, 15) is 73.6 Å². The molecule has 9 rings (SSSR count). The molecule has 0 saturated heterocycles. The number of rotatable bonds is 6. The standard InChI is InChI=1S/C42H14F10N4O4/c43-29-19(30(44)34(48)37(51)33(29)47)5-7-55-39(57)17-3-1-15-23-13(11-53)9-22-26-18(4-2-16(28(23)26)24-14(12-54)10-21(41(55)59)25(17)27(15)24)40(58)56(42(22)60)8-6-20-31(45)35(49)38(52)36(50)32(20)46/h1-4,9-10H,5-8H2. The highest BCUT2D eigenvalue weighted by molar-refractivity contribution is 6.42. The minimum atomic E-state index is -2.40. The summed E-state index contributed by atoms with van der Waals surface area (Å²) in [6.45, 7) is -1.70. The largest absolute Gasteiger partial charge is 0.274 e. The molecule has 7 aromatic carbocycles. The Labute approximate surface area is 326 Å². The summed E-state index contributed by atoms with van der Waals surface area (Å²) in [5.74, 6) is -26.5. The highest BCUT2D eigenvalue weighted by Gasteiger charge is 2.39. The predicted octanol–water partition coefficient (Wildman–Crippen LogP) is 8.55. The minimum Gasteiger partial charge on any atom is -0.274 e. The van der Waals surface area contributed by atoms with E-state index in [4.69, 9.17) is 0 Å². The van der Waals surface area contributed by atoms with Crippen molar-refractivity contribution >= 4 is 66.7 Å². The first kappa shape index (κ1) is 37.9. The van der Waals surface area contributed by atoms with Gasteiger partial charge in [0.15, 0.2) is 46.5 Å². The highest BCUT2D eigenvalue weighted by Crippen LogP contribution is 2.48. The quantitative estimate of drug-likeness (QED) is 0.0414. The molecule has 60 heavy (non-hydrogen) atoms. The van der Waals surface area contributed by atoms with Crippen molar-refractivity contribution in [2.75, 3.05) is 13.1 Å². The number of hydrogen-bond acceptors (Lipinski definition) is 6. The van der Waals surface area contributed by atoms with Crippen LogP contribution in [0.15, 0.2) is 36.4 Å². The van der Waals surface area contributed by atoms with Gasteiger partial charge in [-0.1, -0.05) is 12.1 Å². The fourth-order valence-electron chi connectivity index (χ4n) is 8.34. The van der Waals surface area contributed by atoms with Crippen LogP contribution < -0.4 is 0 Å². The van der Waals surface area contributed by atoms with Crippen molar-refractivity contribution in [2.45, 2.75) is 12.8 Å². The van der Waals surface area contributed by atoms with Crippen LogP contribution in [0.5, 0.6) is 0 Å². The van der Waals surface area contributed by atoms with E-state index < -0.39 is 119 Å². The van der Waals surface area contributed by atoms with Crippen molar-refractivity contribution in [3.8, 4) is 12.1 Å². The number of nitrogens with zero attached hydrogens (tertiary/aromatic N) is 4. The van der Waals surface area contributed by atoms with E-state index in [0.717, 1.165) is 12.1 Å². The molecule has 0 aliphatic carbocycles. The average molecular weight is 829 g/mol. The Kier molecular flexibility index (Phi) is 8.19. The SMILES string of the molecule is N#Cc1cc2c3c(ccc4c5c(C#N)cc6c7c(ccc(c1c34)c75)C(=O)N(CCc1c(F)c(F)c(F)c(F)c1F)C6=O)C(=O)N(CCc1c(F)c(F)c(F)c(F)c1F)C2=O. The van der Waals surface area contributed by atoms with Crippen molar-refractivity contribution in [3.05, 3.63) is 139 Å². The number of fused-ring (bicyclic) bond motifs is 2. The van der Waals surface area contributed by atoms with Gasteiger partial charge in [-0.25, -0.2) is 43.9 Å². The average Bonchev–Trinajstić information content (AvgIpc) is 3.25. The lowest BCUT2D eigenvalue weighted by molar-refractivity contribution is 0.0596. The highest BCUT2D eigenvalue weighted by atomic mass is 19.2. The van der Waals surface area contributed by atoms with Gasteiger partial charge in [-0.15, -0.1) is 0 Å². The topological polar surface area (TPSA) is 122 Å². The minimum absolute atomic E-state index is 0.0154. The molecule has 0 fully saturated rings. The molecule has 0 aromatic heterocycles. The Morgan fingerprint density at radius 2 is 0.700 bits per heavy atom. The van der Waals surface area contributed by atoms with E-state index in [2.05, 4.69) is 0 Å². The lowest BCUT2D eigenvalue weighted by atomic mass is 9.79. The second kappa shape index (κ2) is 13.0. The molecule has 0 bridgehead atoms. The molecule has 2 heterocycles. The van der Waals surface area contributed by atoms with Crippen molar-refractivity contribution in [3.63, 3.8) is 0 Å². The Hall–Kier alpha value is -7.60. The zero-order valence-corrected chi connectivity index (χ0v) is 29.5. The molecule has 2 aliphatic heterocycles. The first-order valence-electron chi connectivity index (χ1n) is 17.4. The summed E-state index contributed by atoms with van der Waals surface area (Å²) in [5, 5.41) is 21.6. The molecule has 0 atom stereocenters. The van der Waals surface area contributed by atoms with E-state index in [1.165, 1.54) is 24.3 Å². The number of hydrogen-bond donors (Lipinski definition) is 0. The summed E-state index contributed by atoms with van der Waals surface area (Å²) in [6, 6.07) is 11.4. The summed E-state index contributed by atoms with van der Waals surface area (Å²) >= 11 is 0. The third-order valence-corrected chi connectivity index (χ3v) is 11.0. The van der Waals surface area contributed by atoms with Gasteiger partial charge in [0.1, 0.15) is 0 Å². The van der Waals surface area contributed by atoms with Gasteiger partial charge in [0, 0.05) is 67.7 Å². The molecule has 8 nitrogen and oxygen atoms in total. The number of carbonyl (C=O) groups excluding carboxylic acids is 4. The van der Waals surface area contributed by atoms with Gasteiger partial charge in [0.2, 0.25) is 11.6 Å². The van der Waals surface area contributed by atoms with Gasteiger partial charge >= 0.3 is 0 Å². The molecular formula is C42H14F10N4O4. The van der Waals surface area contributed by atoms with E-state index in [-0.39, 0.29) is 76.5 Å². The van der Waals surface area contributed by atoms with Gasteiger partial charge in [0.05, 0.1) is 34.4 Å². The van der Waals surface area contributed by atoms with E-state index in [1.807, 2.05) is 12.1 Å². The summed E-state index contributed by atoms with van der Waals surface area (Å²) < 4.78 is 141. The van der Waals surface area contributed by atoms with Gasteiger partial charge in [0.25, 0.3) is 23.6 Å². The molecule has 0 saturated carbocycles. The van der Waals surface area contributed by atoms with Gasteiger partial charge in [-0.3, -0.25) is 29.0 Å². The van der Waals surface area contributed by atoms with E-state index in [0.29, 0.717) is 9.80 Å². The first-order chi connectivity index (χ1) is 28.5. The predicted molar refractivity (Wildman–Crippen MR) is 188 cm³/mol. The molecule has 7 aromatic rings. The molecule has 0 spiro atoms. The molecule has 18 heteroatoms. The van der Waals surface area contributed by atoms with Crippen LogP contribution in [0.2, 0.25) is 0 Å². The van der Waals surface area contributed by atoms with Crippen LogP contribution in [0.4, 0.5) is 43.9 Å². The number of benzene rings is 7. The fourth-order valence-corrected chi connectivity index (χ4v) is 8.34. The second-order valence-corrected chi connectivity index (χ2v) is 13.9. The van der Waals surface area contributed by atoms with Crippen molar-refractivity contribution < 1.29 is 63.1 Å². The maximum atomic E-state index is 14.5. The summed E-state index contributed by atoms with van der Waals surface area (Å²) in [4.78, 5) is 56.9. The maximum absolute atomic E-state index is 14.5. The molecule has 0 radical (unpaired) electrons. The van der Waals surface area contributed by atoms with Gasteiger partial charge < -0.3 is 0 Å². The number of nitriles is 2. The molecule has 4 amide bonds. The number of halogens is 10. The smallest absolute Gasteiger partial charge is 0.261 e. The molecule has 0 N–H and O–H groups in total. The Morgan fingerprint density at radius 3 is 1.02 bits per heavy atom. The summed E-state index contributed by atoms with van der Waals surface area (Å²) in [7, 11) is 0. The monoisotopic (exact) mass is 828 g/mol. The zero-order chi connectivity index (χ0) is 43.0. The molecule has 2 aliphatic rings. The third kappa shape index (κ3) is 4.78. The number of imide groups is 2. The van der Waals surface area contributed by atoms with Crippen LogP contribution in [-0.2, 0) is 12.8 Å². The lowest BCUT2D eigenvalue weighted by Crippen LogP contribution is -2.42. The van der Waals surface area contributed by atoms with Crippen LogP contribution in [0, 0.1) is 80.8 Å². The summed E-state index contributed by atoms with van der Waals surface area (Å²) in [5.41, 5.74) is -3.81. The maximum Gasteiger partial charge on any atom is 0.261 e. The van der Waals surface area contributed by atoms with Crippen LogP contribution in [-0.4, -0.2) is 46.5 Å². The third-order valence-electron chi connectivity index (χ3n) is 11.0. The zero-order valence-electron chi connectivity index (χ0n) is 29.5. The molecular weight excluding hydrogens is 814 g/mol. The normalized spacial score (nSPS) is 13.8. The van der Waals surface area contributed by atoms with E-state index >= 15 is 0 Å². The van der Waals surface area contributed by atoms with Crippen LogP contribution in [0.1, 0.15) is 63.7 Å². The Balaban J connectivity index is 1.20. The Bertz CT molecular complexity index is 3080. The van der Waals surface area contributed by atoms with Crippen LogP contribution >= 0.6 is 0 Å². The van der Waals surface area contributed by atoms with Crippen molar-refractivity contribution in [1.82, 2.24) is 9.80 Å². The van der Waals surface area contributed by atoms with Crippen molar-refractivity contribution in [1.29, 1.82) is 10.5 Å². The molecule has 0 unspecified atom stereocenters. The first-order valence-corrected chi connectivity index (χ1v) is 17.4. The second-order valence-electron chi connectivity index (χ2n) is 13.9. The van der Waals surface area contributed by atoms with Gasteiger partial charge in [-0.2, -0.15) is 10.5 Å². The Morgan fingerprint density at radius 1 is 0.400 bits per heavy atom. The lowest BCUT2D eigenvalue weighted by Gasteiger charge is -2.31. The van der Waals surface area contributed by atoms with Crippen LogP contribution in [0.3, 0.4) is 0 Å². The summed E-state index contributed by atoms with van der Waals surface area (Å²) in [6.07, 6.45) is -1.97. The fraction of sp³-hybridized carbons (Fsp3) is 0.0952.